The molecule has 2 heterocycles. The van der Waals surface area contributed by atoms with Crippen molar-refractivity contribution in [2.45, 2.75) is 32.4 Å². The number of amidine groups is 1. The summed E-state index contributed by atoms with van der Waals surface area (Å²) in [4.78, 5) is 31.2. The zero-order valence-corrected chi connectivity index (χ0v) is 20.7. The van der Waals surface area contributed by atoms with Gasteiger partial charge in [0.25, 0.3) is 5.69 Å². The van der Waals surface area contributed by atoms with Crippen LogP contribution in [0, 0.1) is 16.0 Å². The summed E-state index contributed by atoms with van der Waals surface area (Å²) in [5, 5.41) is 12.9. The molecule has 0 radical (unpaired) electrons. The van der Waals surface area contributed by atoms with Crippen molar-refractivity contribution in [3.8, 4) is 0 Å². The maximum absolute atomic E-state index is 12.5. The van der Waals surface area contributed by atoms with Gasteiger partial charge in [0, 0.05) is 16.8 Å². The largest absolute Gasteiger partial charge is 0.465 e. The number of thioether (sulfide) groups is 1. The normalized spacial score (nSPS) is 22.0. The standard InChI is InChI=1S/C23H21Cl2N3O4S/c1-12(2)18-19(21(29)32-4)33-22-26-23(3,14-7-10-16(25)17(11-14)28(30)31)20(27(18)22)13-5-8-15(24)9-6-13/h5-12,20H,1-4H3/t20-,23+/m1/s1. The summed E-state index contributed by atoms with van der Waals surface area (Å²) in [5.74, 6) is -0.421. The highest BCUT2D eigenvalue weighted by molar-refractivity contribution is 8.18. The Bertz CT molecular complexity index is 1210. The number of aliphatic imine (C=N–C) groups is 1. The summed E-state index contributed by atoms with van der Waals surface area (Å²) >= 11 is 13.5. The van der Waals surface area contributed by atoms with Gasteiger partial charge in [-0.05, 0) is 53.9 Å². The highest BCUT2D eigenvalue weighted by Gasteiger charge is 2.53. The fraction of sp³-hybridized carbons (Fsp3) is 0.304. The molecule has 0 saturated carbocycles. The molecule has 33 heavy (non-hydrogen) atoms. The summed E-state index contributed by atoms with van der Waals surface area (Å²) in [7, 11) is 1.35. The van der Waals surface area contributed by atoms with E-state index in [1.54, 1.807) is 18.2 Å². The van der Waals surface area contributed by atoms with Gasteiger partial charge in [-0.3, -0.25) is 10.1 Å². The van der Waals surface area contributed by atoms with E-state index >= 15 is 0 Å². The Balaban J connectivity index is 1.94. The van der Waals surface area contributed by atoms with Gasteiger partial charge in [-0.1, -0.05) is 55.2 Å². The van der Waals surface area contributed by atoms with Gasteiger partial charge in [-0.15, -0.1) is 0 Å². The molecule has 0 spiro atoms. The van der Waals surface area contributed by atoms with Gasteiger partial charge in [-0.2, -0.15) is 0 Å². The number of carbonyl (C=O) groups is 1. The molecular formula is C23H21Cl2N3O4S. The maximum atomic E-state index is 12.5. The van der Waals surface area contributed by atoms with Crippen molar-refractivity contribution in [2.24, 2.45) is 10.9 Å². The van der Waals surface area contributed by atoms with Gasteiger partial charge in [0.1, 0.15) is 15.5 Å². The summed E-state index contributed by atoms with van der Waals surface area (Å²) in [5.41, 5.74) is 1.28. The van der Waals surface area contributed by atoms with Gasteiger partial charge >= 0.3 is 5.97 Å². The number of nitro benzene ring substituents is 1. The lowest BCUT2D eigenvalue weighted by atomic mass is 9.81. The molecule has 0 unspecified atom stereocenters. The molecular weight excluding hydrogens is 485 g/mol. The molecule has 2 atom stereocenters. The van der Waals surface area contributed by atoms with Crippen LogP contribution >= 0.6 is 35.0 Å². The second-order valence-corrected chi connectivity index (χ2v) is 10.1. The smallest absolute Gasteiger partial charge is 0.346 e. The topological polar surface area (TPSA) is 85.0 Å². The van der Waals surface area contributed by atoms with Crippen molar-refractivity contribution in [2.75, 3.05) is 7.11 Å². The van der Waals surface area contributed by atoms with Crippen LogP contribution in [-0.4, -0.2) is 28.1 Å². The second kappa shape index (κ2) is 8.66. The number of ether oxygens (including phenoxy) is 1. The van der Waals surface area contributed by atoms with Crippen LogP contribution in [0.5, 0.6) is 0 Å². The minimum atomic E-state index is -0.896. The average molecular weight is 506 g/mol. The number of rotatable bonds is 5. The molecule has 10 heteroatoms. The number of benzene rings is 2. The van der Waals surface area contributed by atoms with Crippen molar-refractivity contribution in [3.05, 3.63) is 84.4 Å². The zero-order chi connectivity index (χ0) is 24.1. The van der Waals surface area contributed by atoms with E-state index in [0.29, 0.717) is 20.7 Å². The summed E-state index contributed by atoms with van der Waals surface area (Å²) < 4.78 is 5.02. The third-order valence-corrected chi connectivity index (χ3v) is 7.46. The molecule has 0 saturated heterocycles. The molecule has 2 aromatic rings. The number of methoxy groups -OCH3 is 1. The molecule has 2 aliphatic rings. The maximum Gasteiger partial charge on any atom is 0.346 e. The molecule has 0 amide bonds. The number of allylic oxidation sites excluding steroid dienone is 1. The van der Waals surface area contributed by atoms with E-state index in [1.165, 1.54) is 31.0 Å². The first kappa shape index (κ1) is 23.6. The van der Waals surface area contributed by atoms with Gasteiger partial charge in [0.15, 0.2) is 5.17 Å². The first-order valence-electron chi connectivity index (χ1n) is 10.2. The first-order chi connectivity index (χ1) is 15.6. The second-order valence-electron chi connectivity index (χ2n) is 8.25. The number of fused-ring (bicyclic) bond motifs is 1. The quantitative estimate of drug-likeness (QED) is 0.268. The molecule has 0 aliphatic carbocycles. The Labute approximate surface area is 205 Å². The lowest BCUT2D eigenvalue weighted by Gasteiger charge is -2.37. The van der Waals surface area contributed by atoms with E-state index in [-0.39, 0.29) is 22.7 Å². The molecule has 0 bridgehead atoms. The molecule has 0 fully saturated rings. The summed E-state index contributed by atoms with van der Waals surface area (Å²) in [6.07, 6.45) is 0. The molecule has 0 N–H and O–H groups in total. The van der Waals surface area contributed by atoms with Crippen molar-refractivity contribution >= 4 is 51.8 Å². The van der Waals surface area contributed by atoms with E-state index in [1.807, 2.05) is 37.8 Å². The van der Waals surface area contributed by atoms with E-state index in [2.05, 4.69) is 0 Å². The van der Waals surface area contributed by atoms with Gasteiger partial charge < -0.3 is 9.64 Å². The summed E-state index contributed by atoms with van der Waals surface area (Å²) in [6, 6.07) is 11.8. The monoisotopic (exact) mass is 505 g/mol. The van der Waals surface area contributed by atoms with Crippen LogP contribution in [0.15, 0.2) is 58.1 Å². The fourth-order valence-corrected chi connectivity index (χ4v) is 5.97. The van der Waals surface area contributed by atoms with Crippen molar-refractivity contribution in [1.29, 1.82) is 0 Å². The van der Waals surface area contributed by atoms with Crippen molar-refractivity contribution in [3.63, 3.8) is 0 Å². The SMILES string of the molecule is COC(=O)C1=C(C(C)C)N2C(=N[C@@](C)(c3ccc(Cl)c([N+](=O)[O-])c3)[C@H]2c2ccc(Cl)cc2)S1. The van der Waals surface area contributed by atoms with E-state index in [4.69, 9.17) is 32.9 Å². The molecule has 0 aromatic heterocycles. The highest BCUT2D eigenvalue weighted by atomic mass is 35.5. The van der Waals surface area contributed by atoms with Crippen LogP contribution in [-0.2, 0) is 15.1 Å². The predicted octanol–water partition coefficient (Wildman–Crippen LogP) is 6.32. The Morgan fingerprint density at radius 1 is 1.24 bits per heavy atom. The zero-order valence-electron chi connectivity index (χ0n) is 18.3. The minimum absolute atomic E-state index is 0.00370. The number of esters is 1. The van der Waals surface area contributed by atoms with Crippen LogP contribution in [0.1, 0.15) is 37.9 Å². The number of nitrogens with zero attached hydrogens (tertiary/aromatic N) is 3. The van der Waals surface area contributed by atoms with Crippen LogP contribution in [0.3, 0.4) is 0 Å². The van der Waals surface area contributed by atoms with Crippen LogP contribution in [0.2, 0.25) is 10.0 Å². The molecule has 2 aromatic carbocycles. The molecule has 7 nitrogen and oxygen atoms in total. The number of halogens is 2. The number of hydrogen-bond donors (Lipinski definition) is 0. The van der Waals surface area contributed by atoms with Crippen LogP contribution in [0.4, 0.5) is 5.69 Å². The van der Waals surface area contributed by atoms with Gasteiger partial charge in [0.05, 0.1) is 18.1 Å². The van der Waals surface area contributed by atoms with Crippen molar-refractivity contribution < 1.29 is 14.5 Å². The predicted molar refractivity (Wildman–Crippen MR) is 130 cm³/mol. The third-order valence-electron chi connectivity index (χ3n) is 5.84. The van der Waals surface area contributed by atoms with Crippen LogP contribution < -0.4 is 0 Å². The Morgan fingerprint density at radius 2 is 1.91 bits per heavy atom. The van der Waals surface area contributed by atoms with Crippen molar-refractivity contribution in [1.82, 2.24) is 4.90 Å². The highest BCUT2D eigenvalue weighted by Crippen LogP contribution is 2.56. The minimum Gasteiger partial charge on any atom is -0.465 e. The number of nitro groups is 1. The van der Waals surface area contributed by atoms with E-state index in [0.717, 1.165) is 11.3 Å². The lowest BCUT2D eigenvalue weighted by Crippen LogP contribution is -2.36. The van der Waals surface area contributed by atoms with E-state index < -0.39 is 16.4 Å². The van der Waals surface area contributed by atoms with E-state index in [9.17, 15) is 14.9 Å². The third kappa shape index (κ3) is 3.90. The first-order valence-corrected chi connectivity index (χ1v) is 11.7. The Hall–Kier alpha value is -2.55. The van der Waals surface area contributed by atoms with Crippen LogP contribution in [0.25, 0.3) is 0 Å². The lowest BCUT2D eigenvalue weighted by molar-refractivity contribution is -0.384. The molecule has 2 aliphatic heterocycles. The fourth-order valence-electron chi connectivity index (χ4n) is 4.33. The molecule has 172 valence electrons. The van der Waals surface area contributed by atoms with Gasteiger partial charge in [0.2, 0.25) is 0 Å². The number of carbonyl (C=O) groups excluding carboxylic acids is 1. The Kier molecular flexibility index (Phi) is 6.20. The summed E-state index contributed by atoms with van der Waals surface area (Å²) in [6.45, 7) is 5.94. The van der Waals surface area contributed by atoms with Gasteiger partial charge in [-0.25, -0.2) is 9.79 Å². The number of hydrogen-bond acceptors (Lipinski definition) is 7. The average Bonchev–Trinajstić information content (AvgIpc) is 3.26. The Morgan fingerprint density at radius 3 is 2.48 bits per heavy atom. The molecule has 4 rings (SSSR count).